The minimum absolute atomic E-state index is 0.0376. The molecule has 0 spiro atoms. The van der Waals surface area contributed by atoms with Crippen molar-refractivity contribution in [1.29, 1.82) is 0 Å². The largest absolute Gasteiger partial charge is 0.396 e. The summed E-state index contributed by atoms with van der Waals surface area (Å²) in [5.74, 6) is 0.0997. The predicted octanol–water partition coefficient (Wildman–Crippen LogP) is -0.213. The van der Waals surface area contributed by atoms with Gasteiger partial charge >= 0.3 is 11.7 Å². The lowest BCUT2D eigenvalue weighted by Crippen LogP contribution is -2.58. The number of carbonyl (C=O) groups is 2. The van der Waals surface area contributed by atoms with Crippen molar-refractivity contribution in [3.63, 3.8) is 0 Å². The molecule has 2 saturated heterocycles. The number of nitrogens with two attached hydrogens (primary N) is 2. The van der Waals surface area contributed by atoms with E-state index in [0.29, 0.717) is 31.9 Å². The van der Waals surface area contributed by atoms with Gasteiger partial charge in [0.25, 0.3) is 0 Å². The van der Waals surface area contributed by atoms with E-state index >= 15 is 0 Å². The Morgan fingerprint density at radius 2 is 1.74 bits per heavy atom. The number of piperazine rings is 1. The minimum Gasteiger partial charge on any atom is -0.396 e. The number of urea groups is 1. The second-order valence-electron chi connectivity index (χ2n) is 10.7. The molecule has 38 heavy (non-hydrogen) atoms. The third-order valence-corrected chi connectivity index (χ3v) is 7.18. The van der Waals surface area contributed by atoms with Gasteiger partial charge in [0.2, 0.25) is 5.91 Å². The van der Waals surface area contributed by atoms with E-state index in [4.69, 9.17) is 11.5 Å². The van der Waals surface area contributed by atoms with Gasteiger partial charge in [-0.15, -0.1) is 0 Å². The Morgan fingerprint density at radius 3 is 2.34 bits per heavy atom. The van der Waals surface area contributed by atoms with Crippen molar-refractivity contribution < 1.29 is 14.7 Å². The van der Waals surface area contributed by atoms with Crippen LogP contribution in [0.25, 0.3) is 5.69 Å². The zero-order chi connectivity index (χ0) is 27.4. The molecule has 2 aliphatic rings. The highest BCUT2D eigenvalue weighted by Crippen LogP contribution is 2.18. The van der Waals surface area contributed by atoms with Gasteiger partial charge in [-0.1, -0.05) is 12.1 Å². The maximum Gasteiger partial charge on any atom is 0.354 e. The van der Waals surface area contributed by atoms with E-state index in [1.165, 1.54) is 4.57 Å². The summed E-state index contributed by atoms with van der Waals surface area (Å²) in [4.78, 5) is 47.3. The molecule has 1 aromatic heterocycles. The molecule has 0 bridgehead atoms. The average Bonchev–Trinajstić information content (AvgIpc) is 2.89. The van der Waals surface area contributed by atoms with Crippen molar-refractivity contribution in [2.45, 2.75) is 38.4 Å². The molecular formula is C26H38N8O4. The van der Waals surface area contributed by atoms with E-state index in [-0.39, 0.29) is 36.3 Å². The summed E-state index contributed by atoms with van der Waals surface area (Å²) in [5.41, 5.74) is 12.3. The second kappa shape index (κ2) is 11.6. The fraction of sp³-hybridized carbons (Fsp3) is 0.538. The minimum atomic E-state index is -0.954. The Balaban J connectivity index is 1.32. The molecule has 2 atom stereocenters. The molecule has 2 aliphatic heterocycles. The van der Waals surface area contributed by atoms with Crippen molar-refractivity contribution >= 4 is 17.8 Å². The molecule has 3 amide bonds. The third-order valence-electron chi connectivity index (χ3n) is 7.18. The van der Waals surface area contributed by atoms with Crippen molar-refractivity contribution in [3.05, 3.63) is 52.6 Å². The summed E-state index contributed by atoms with van der Waals surface area (Å²) in [6.45, 7) is 7.32. The number of benzene rings is 1. The zero-order valence-electron chi connectivity index (χ0n) is 22.0. The lowest BCUT2D eigenvalue weighted by molar-refractivity contribution is -0.137. The number of hydrogen-bond donors (Lipinski definition) is 4. The molecule has 0 saturated carbocycles. The molecule has 4 rings (SSSR count). The number of piperidine rings is 1. The first kappa shape index (κ1) is 27.7. The molecule has 12 nitrogen and oxygen atoms in total. The number of aliphatic hydroxyl groups excluding tert-OH is 1. The maximum absolute atomic E-state index is 12.7. The Morgan fingerprint density at radius 1 is 1.08 bits per heavy atom. The first-order chi connectivity index (χ1) is 18.0. The van der Waals surface area contributed by atoms with Gasteiger partial charge in [-0.05, 0) is 50.6 Å². The molecule has 1 unspecified atom stereocenters. The number of carbonyl (C=O) groups excluding carboxylic acids is 2. The smallest absolute Gasteiger partial charge is 0.354 e. The number of hydrogen-bond acceptors (Lipinski definition) is 8. The maximum atomic E-state index is 12.7. The second-order valence-corrected chi connectivity index (χ2v) is 10.7. The van der Waals surface area contributed by atoms with Gasteiger partial charge in [0.15, 0.2) is 0 Å². The number of likely N-dealkylation sites (tertiary alicyclic amines) is 1. The highest BCUT2D eigenvalue weighted by molar-refractivity contribution is 5.89. The van der Waals surface area contributed by atoms with Crippen LogP contribution in [-0.2, 0) is 11.3 Å². The van der Waals surface area contributed by atoms with Crippen molar-refractivity contribution in [3.8, 4) is 5.69 Å². The molecule has 206 valence electrons. The SMILES string of the molecule is CC(C)(N)C(=O)N1CCN(C(=O)Nc2ccn(-c3ccc(CN4CC[C@@H](N)C(CO)C4)cc3)c(=O)n2)CC1. The van der Waals surface area contributed by atoms with Crippen LogP contribution in [0.15, 0.2) is 41.3 Å². The first-order valence-corrected chi connectivity index (χ1v) is 13.0. The van der Waals surface area contributed by atoms with Gasteiger partial charge in [0.05, 0.1) is 11.2 Å². The zero-order valence-corrected chi connectivity index (χ0v) is 22.0. The lowest BCUT2D eigenvalue weighted by Gasteiger charge is -2.37. The number of aromatic nitrogens is 2. The van der Waals surface area contributed by atoms with Crippen LogP contribution in [0.1, 0.15) is 25.8 Å². The van der Waals surface area contributed by atoms with E-state index in [1.807, 2.05) is 24.3 Å². The van der Waals surface area contributed by atoms with E-state index in [9.17, 15) is 19.5 Å². The summed E-state index contributed by atoms with van der Waals surface area (Å²) in [7, 11) is 0. The predicted molar refractivity (Wildman–Crippen MR) is 144 cm³/mol. The average molecular weight is 527 g/mol. The number of nitrogens with one attached hydrogen (secondary N) is 1. The number of amides is 3. The summed E-state index contributed by atoms with van der Waals surface area (Å²) in [5, 5.41) is 12.2. The topological polar surface area (TPSA) is 163 Å². The Kier molecular flexibility index (Phi) is 8.46. The van der Waals surface area contributed by atoms with Crippen molar-refractivity contribution in [2.24, 2.45) is 17.4 Å². The van der Waals surface area contributed by atoms with Crippen LogP contribution in [0.2, 0.25) is 0 Å². The molecule has 2 aromatic rings. The van der Waals surface area contributed by atoms with Gasteiger partial charge in [-0.25, -0.2) is 9.59 Å². The fourth-order valence-electron chi connectivity index (χ4n) is 4.86. The number of rotatable bonds is 6. The lowest BCUT2D eigenvalue weighted by atomic mass is 9.93. The van der Waals surface area contributed by atoms with Crippen LogP contribution < -0.4 is 22.5 Å². The summed E-state index contributed by atoms with van der Waals surface area (Å²) in [6.07, 6.45) is 2.44. The normalized spacial score (nSPS) is 20.9. The molecule has 0 radical (unpaired) electrons. The van der Waals surface area contributed by atoms with Crippen molar-refractivity contribution in [1.82, 2.24) is 24.3 Å². The van der Waals surface area contributed by atoms with Crippen LogP contribution in [0.4, 0.5) is 10.6 Å². The van der Waals surface area contributed by atoms with Gasteiger partial charge in [-0.2, -0.15) is 4.98 Å². The van der Waals surface area contributed by atoms with E-state index < -0.39 is 11.2 Å². The van der Waals surface area contributed by atoms with Crippen LogP contribution in [0.3, 0.4) is 0 Å². The van der Waals surface area contributed by atoms with Crippen LogP contribution in [0, 0.1) is 5.92 Å². The van der Waals surface area contributed by atoms with Crippen LogP contribution in [0.5, 0.6) is 0 Å². The quantitative estimate of drug-likeness (QED) is 0.402. The molecule has 1 aromatic carbocycles. The van der Waals surface area contributed by atoms with Crippen LogP contribution >= 0.6 is 0 Å². The van der Waals surface area contributed by atoms with Gasteiger partial charge in [0, 0.05) is 64.0 Å². The van der Waals surface area contributed by atoms with Gasteiger partial charge in [-0.3, -0.25) is 19.6 Å². The van der Waals surface area contributed by atoms with Crippen molar-refractivity contribution in [2.75, 3.05) is 51.2 Å². The Labute approximate surface area is 222 Å². The molecular weight excluding hydrogens is 488 g/mol. The van der Waals surface area contributed by atoms with E-state index in [2.05, 4.69) is 15.2 Å². The summed E-state index contributed by atoms with van der Waals surface area (Å²) >= 11 is 0. The van der Waals surface area contributed by atoms with E-state index in [1.54, 1.807) is 35.9 Å². The molecule has 0 aliphatic carbocycles. The fourth-order valence-corrected chi connectivity index (χ4v) is 4.86. The third kappa shape index (κ3) is 6.57. The molecule has 6 N–H and O–H groups in total. The summed E-state index contributed by atoms with van der Waals surface area (Å²) in [6, 6.07) is 8.90. The van der Waals surface area contributed by atoms with Gasteiger partial charge in [0.1, 0.15) is 5.82 Å². The molecule has 3 heterocycles. The standard InChI is InChI=1S/C26H38N8O4/c1-26(2,28)23(36)32-11-13-33(14-12-32)24(37)29-22-8-10-34(25(38)30-22)20-5-3-18(4-6-20)15-31-9-7-21(27)19(16-31)17-35/h3-6,8,10,19,21,35H,7,9,11-17,27-28H2,1-2H3,(H,29,30,37,38)/t19?,21-/m1/s1. The number of anilines is 1. The number of nitrogens with zero attached hydrogens (tertiary/aromatic N) is 5. The molecule has 2 fully saturated rings. The van der Waals surface area contributed by atoms with Gasteiger partial charge < -0.3 is 26.4 Å². The van der Waals surface area contributed by atoms with E-state index in [0.717, 1.165) is 31.6 Å². The molecule has 12 heteroatoms. The number of aliphatic hydroxyl groups is 1. The monoisotopic (exact) mass is 526 g/mol. The highest BCUT2D eigenvalue weighted by atomic mass is 16.3. The summed E-state index contributed by atoms with van der Waals surface area (Å²) < 4.78 is 1.42. The Hall–Kier alpha value is -3.32. The first-order valence-electron chi connectivity index (χ1n) is 13.0. The van der Waals surface area contributed by atoms with Crippen LogP contribution in [-0.4, -0.2) is 98.8 Å². The highest BCUT2D eigenvalue weighted by Gasteiger charge is 2.31. The Bertz CT molecular complexity index is 1180.